The van der Waals surface area contributed by atoms with Crippen molar-refractivity contribution >= 4 is 11.7 Å². The van der Waals surface area contributed by atoms with E-state index in [2.05, 4.69) is 21.8 Å². The molecular formula is C17H26N4O. The molecule has 0 N–H and O–H groups in total. The molecular weight excluding hydrogens is 276 g/mol. The Morgan fingerprint density at radius 3 is 2.55 bits per heavy atom. The number of likely N-dealkylation sites (tertiary alicyclic amines) is 1. The zero-order valence-electron chi connectivity index (χ0n) is 13.5. The number of anilines is 1. The van der Waals surface area contributed by atoms with Gasteiger partial charge in [-0.3, -0.25) is 4.79 Å². The number of hydrogen-bond donors (Lipinski definition) is 0. The maximum absolute atomic E-state index is 12.7. The van der Waals surface area contributed by atoms with Crippen LogP contribution in [-0.2, 0) is 0 Å². The van der Waals surface area contributed by atoms with E-state index in [1.54, 1.807) is 12.4 Å². The van der Waals surface area contributed by atoms with Crippen molar-refractivity contribution in [1.82, 2.24) is 14.9 Å². The molecule has 2 saturated heterocycles. The fraction of sp³-hybridized carbons (Fsp3) is 0.706. The Morgan fingerprint density at radius 2 is 1.86 bits per heavy atom. The smallest absolute Gasteiger partial charge is 0.274 e. The molecule has 0 radical (unpaired) electrons. The van der Waals surface area contributed by atoms with Crippen LogP contribution in [0.2, 0.25) is 0 Å². The molecule has 2 fully saturated rings. The molecule has 120 valence electrons. The molecule has 1 amide bonds. The average Bonchev–Trinajstić information content (AvgIpc) is 2.62. The van der Waals surface area contributed by atoms with Gasteiger partial charge in [-0.05, 0) is 44.9 Å². The summed E-state index contributed by atoms with van der Waals surface area (Å²) in [4.78, 5) is 25.8. The number of carbonyl (C=O) groups excluding carboxylic acids is 1. The number of amides is 1. The molecule has 3 rings (SSSR count). The Hall–Kier alpha value is -1.65. The van der Waals surface area contributed by atoms with Crippen molar-refractivity contribution in [2.24, 2.45) is 0 Å². The Morgan fingerprint density at radius 1 is 1.09 bits per heavy atom. The molecule has 0 bridgehead atoms. The zero-order chi connectivity index (χ0) is 15.4. The lowest BCUT2D eigenvalue weighted by Gasteiger charge is -2.35. The Bertz CT molecular complexity index is 496. The first kappa shape index (κ1) is 15.3. The molecule has 0 aliphatic carbocycles. The molecule has 1 atom stereocenters. The first-order valence-corrected chi connectivity index (χ1v) is 8.67. The summed E-state index contributed by atoms with van der Waals surface area (Å²) < 4.78 is 0. The zero-order valence-corrected chi connectivity index (χ0v) is 13.5. The van der Waals surface area contributed by atoms with Gasteiger partial charge >= 0.3 is 0 Å². The van der Waals surface area contributed by atoms with Gasteiger partial charge in [0.05, 0.1) is 12.4 Å². The lowest BCUT2D eigenvalue weighted by atomic mass is 10.00. The van der Waals surface area contributed by atoms with Crippen LogP contribution >= 0.6 is 0 Å². The van der Waals surface area contributed by atoms with E-state index < -0.39 is 0 Å². The normalized spacial score (nSPS) is 22.7. The predicted molar refractivity (Wildman–Crippen MR) is 87.1 cm³/mol. The summed E-state index contributed by atoms with van der Waals surface area (Å²) >= 11 is 0. The third-order valence-electron chi connectivity index (χ3n) is 4.90. The highest BCUT2D eigenvalue weighted by Crippen LogP contribution is 2.22. The van der Waals surface area contributed by atoms with Crippen LogP contribution in [0.3, 0.4) is 0 Å². The van der Waals surface area contributed by atoms with Crippen molar-refractivity contribution in [3.63, 3.8) is 0 Å². The van der Waals surface area contributed by atoms with E-state index in [4.69, 9.17) is 0 Å². The largest absolute Gasteiger partial charge is 0.355 e. The van der Waals surface area contributed by atoms with Crippen LogP contribution < -0.4 is 4.90 Å². The van der Waals surface area contributed by atoms with Gasteiger partial charge in [0, 0.05) is 25.7 Å². The van der Waals surface area contributed by atoms with Crippen LogP contribution in [0.15, 0.2) is 12.4 Å². The minimum Gasteiger partial charge on any atom is -0.355 e. The van der Waals surface area contributed by atoms with Crippen molar-refractivity contribution in [2.45, 2.75) is 57.9 Å². The molecule has 22 heavy (non-hydrogen) atoms. The first-order valence-electron chi connectivity index (χ1n) is 8.67. The maximum atomic E-state index is 12.7. The number of piperidine rings is 2. The summed E-state index contributed by atoms with van der Waals surface area (Å²) in [5.41, 5.74) is 0.487. The predicted octanol–water partition coefficient (Wildman–Crippen LogP) is 2.87. The molecule has 5 heteroatoms. The fourth-order valence-corrected chi connectivity index (χ4v) is 3.56. The molecule has 0 aromatic carbocycles. The van der Waals surface area contributed by atoms with Gasteiger partial charge in [0.15, 0.2) is 0 Å². The second kappa shape index (κ2) is 7.07. The third kappa shape index (κ3) is 3.23. The molecule has 0 saturated carbocycles. The van der Waals surface area contributed by atoms with E-state index >= 15 is 0 Å². The van der Waals surface area contributed by atoms with E-state index in [1.807, 2.05) is 4.90 Å². The van der Waals surface area contributed by atoms with E-state index in [9.17, 15) is 4.79 Å². The molecule has 2 aliphatic heterocycles. The topological polar surface area (TPSA) is 49.3 Å². The number of carbonyl (C=O) groups is 1. The second-order valence-corrected chi connectivity index (χ2v) is 6.36. The van der Waals surface area contributed by atoms with Crippen molar-refractivity contribution < 1.29 is 4.79 Å². The van der Waals surface area contributed by atoms with Crippen LogP contribution in [0.25, 0.3) is 0 Å². The van der Waals surface area contributed by atoms with E-state index in [0.717, 1.165) is 44.7 Å². The average molecular weight is 302 g/mol. The fourth-order valence-electron chi connectivity index (χ4n) is 3.56. The van der Waals surface area contributed by atoms with Gasteiger partial charge in [0.1, 0.15) is 11.5 Å². The van der Waals surface area contributed by atoms with Crippen LogP contribution in [0.4, 0.5) is 5.82 Å². The monoisotopic (exact) mass is 302 g/mol. The second-order valence-electron chi connectivity index (χ2n) is 6.36. The summed E-state index contributed by atoms with van der Waals surface area (Å²) in [5, 5.41) is 0. The standard InChI is InChI=1S/C17H26N4O/c1-2-14-8-4-7-11-21(14)17(22)15-12-19-16(13-18-15)20-9-5-3-6-10-20/h12-14H,2-11H2,1H3. The summed E-state index contributed by atoms with van der Waals surface area (Å²) in [5.74, 6) is 0.950. The van der Waals surface area contributed by atoms with Gasteiger partial charge in [-0.25, -0.2) is 9.97 Å². The van der Waals surface area contributed by atoms with Crippen molar-refractivity contribution in [3.05, 3.63) is 18.1 Å². The lowest BCUT2D eigenvalue weighted by molar-refractivity contribution is 0.0601. The van der Waals surface area contributed by atoms with Crippen molar-refractivity contribution in [2.75, 3.05) is 24.5 Å². The molecule has 0 spiro atoms. The number of aromatic nitrogens is 2. The molecule has 1 aromatic heterocycles. The van der Waals surface area contributed by atoms with Crippen LogP contribution in [0.5, 0.6) is 0 Å². The minimum absolute atomic E-state index is 0.0456. The number of nitrogens with zero attached hydrogens (tertiary/aromatic N) is 4. The van der Waals surface area contributed by atoms with Crippen molar-refractivity contribution in [1.29, 1.82) is 0 Å². The van der Waals surface area contributed by atoms with E-state index in [-0.39, 0.29) is 5.91 Å². The van der Waals surface area contributed by atoms with Gasteiger partial charge in [0.25, 0.3) is 5.91 Å². The summed E-state index contributed by atoms with van der Waals surface area (Å²) in [6.45, 7) is 5.10. The maximum Gasteiger partial charge on any atom is 0.274 e. The van der Waals surface area contributed by atoms with Gasteiger partial charge in [0.2, 0.25) is 0 Å². The number of rotatable bonds is 3. The first-order chi connectivity index (χ1) is 10.8. The van der Waals surface area contributed by atoms with E-state index in [1.165, 1.54) is 25.7 Å². The summed E-state index contributed by atoms with van der Waals surface area (Å²) in [6.07, 6.45) is 11.6. The van der Waals surface area contributed by atoms with Gasteiger partial charge in [-0.15, -0.1) is 0 Å². The highest BCUT2D eigenvalue weighted by atomic mass is 16.2. The summed E-state index contributed by atoms with van der Waals surface area (Å²) in [6, 6.07) is 0.366. The highest BCUT2D eigenvalue weighted by molar-refractivity contribution is 5.92. The SMILES string of the molecule is CCC1CCCCN1C(=O)c1cnc(N2CCCCC2)cn1. The Kier molecular flexibility index (Phi) is 4.90. The molecule has 5 nitrogen and oxygen atoms in total. The van der Waals surface area contributed by atoms with Crippen molar-refractivity contribution in [3.8, 4) is 0 Å². The van der Waals surface area contributed by atoms with E-state index in [0.29, 0.717) is 11.7 Å². The van der Waals surface area contributed by atoms with Crippen LogP contribution in [0, 0.1) is 0 Å². The molecule has 1 aromatic rings. The highest BCUT2D eigenvalue weighted by Gasteiger charge is 2.27. The third-order valence-corrected chi connectivity index (χ3v) is 4.90. The molecule has 3 heterocycles. The quantitative estimate of drug-likeness (QED) is 0.861. The molecule has 1 unspecified atom stereocenters. The lowest BCUT2D eigenvalue weighted by Crippen LogP contribution is -2.43. The van der Waals surface area contributed by atoms with Gasteiger partial charge < -0.3 is 9.80 Å². The Labute approximate surface area is 132 Å². The Balaban J connectivity index is 1.70. The van der Waals surface area contributed by atoms with Crippen LogP contribution in [0.1, 0.15) is 62.4 Å². The van der Waals surface area contributed by atoms with Gasteiger partial charge in [-0.1, -0.05) is 6.92 Å². The summed E-state index contributed by atoms with van der Waals surface area (Å²) in [7, 11) is 0. The number of hydrogen-bond acceptors (Lipinski definition) is 4. The minimum atomic E-state index is 0.0456. The molecule has 2 aliphatic rings. The van der Waals surface area contributed by atoms with Gasteiger partial charge in [-0.2, -0.15) is 0 Å². The van der Waals surface area contributed by atoms with Crippen LogP contribution in [-0.4, -0.2) is 46.5 Å².